The number of rotatable bonds is 3. The summed E-state index contributed by atoms with van der Waals surface area (Å²) in [5, 5.41) is 3.23. The Labute approximate surface area is 128 Å². The zero-order chi connectivity index (χ0) is 14.1. The molecule has 2 fully saturated rings. The molecule has 0 aromatic carbocycles. The molecule has 2 aromatic heterocycles. The molecule has 2 saturated heterocycles. The Morgan fingerprint density at radius 3 is 3.14 bits per heavy atom. The van der Waals surface area contributed by atoms with E-state index in [1.165, 1.54) is 11.4 Å². The zero-order valence-corrected chi connectivity index (χ0v) is 12.6. The molecule has 2 aliphatic heterocycles. The summed E-state index contributed by atoms with van der Waals surface area (Å²) >= 11 is 1.73. The first-order valence-electron chi connectivity index (χ1n) is 7.40. The average Bonchev–Trinajstić information content (AvgIpc) is 3.17. The van der Waals surface area contributed by atoms with Gasteiger partial charge in [-0.05, 0) is 31.4 Å². The van der Waals surface area contributed by atoms with Gasteiger partial charge in [0.15, 0.2) is 0 Å². The summed E-state index contributed by atoms with van der Waals surface area (Å²) in [4.78, 5) is 15.2. The number of thiazole rings is 1. The molecule has 6 heteroatoms. The maximum atomic E-state index is 6.25. The molecule has 5 nitrogen and oxygen atoms in total. The highest BCUT2D eigenvalue weighted by Crippen LogP contribution is 2.40. The number of likely N-dealkylation sites (tertiary alicyclic amines) is 1. The minimum Gasteiger partial charge on any atom is -0.367 e. The second-order valence-corrected chi connectivity index (χ2v) is 6.72. The van der Waals surface area contributed by atoms with Crippen LogP contribution in [0.3, 0.4) is 0 Å². The van der Waals surface area contributed by atoms with Crippen LogP contribution in [0.4, 0.5) is 0 Å². The van der Waals surface area contributed by atoms with Crippen molar-refractivity contribution >= 4 is 11.3 Å². The van der Waals surface area contributed by atoms with Gasteiger partial charge in [-0.25, -0.2) is 15.0 Å². The molecule has 3 atom stereocenters. The summed E-state index contributed by atoms with van der Waals surface area (Å²) in [5.74, 6) is 0.664. The van der Waals surface area contributed by atoms with E-state index in [-0.39, 0.29) is 6.10 Å². The van der Waals surface area contributed by atoms with E-state index in [0.29, 0.717) is 12.0 Å². The lowest BCUT2D eigenvalue weighted by Crippen LogP contribution is -2.41. The Balaban J connectivity index is 1.40. The molecule has 2 aliphatic rings. The van der Waals surface area contributed by atoms with Crippen LogP contribution in [-0.2, 0) is 11.3 Å². The van der Waals surface area contributed by atoms with Gasteiger partial charge in [0.1, 0.15) is 17.4 Å². The van der Waals surface area contributed by atoms with E-state index in [9.17, 15) is 0 Å². The van der Waals surface area contributed by atoms with E-state index in [1.54, 1.807) is 23.9 Å². The number of nitrogens with zero attached hydrogens (tertiary/aromatic N) is 4. The van der Waals surface area contributed by atoms with E-state index in [4.69, 9.17) is 4.74 Å². The minimum absolute atomic E-state index is 0.141. The molecule has 0 aliphatic carbocycles. The van der Waals surface area contributed by atoms with Gasteiger partial charge in [0.25, 0.3) is 0 Å². The smallest absolute Gasteiger partial charge is 0.115 e. The van der Waals surface area contributed by atoms with E-state index < -0.39 is 0 Å². The Hall–Kier alpha value is -1.37. The maximum absolute atomic E-state index is 6.25. The van der Waals surface area contributed by atoms with Gasteiger partial charge in [0, 0.05) is 24.3 Å². The minimum atomic E-state index is 0.141. The molecule has 4 rings (SSSR count). The third-order valence-corrected chi connectivity index (χ3v) is 5.18. The predicted molar refractivity (Wildman–Crippen MR) is 79.8 cm³/mol. The molecule has 0 unspecified atom stereocenters. The van der Waals surface area contributed by atoms with Crippen LogP contribution in [-0.4, -0.2) is 39.0 Å². The molecule has 2 aromatic rings. The number of piperidine rings is 1. The average molecular weight is 302 g/mol. The SMILES string of the molecule is c1cc([C@H]2C[C@@H]3CCN(Cc4nccs4)C[C@H]3O2)ncn1. The highest BCUT2D eigenvalue weighted by Gasteiger charge is 2.40. The Bertz CT molecular complexity index is 577. The summed E-state index contributed by atoms with van der Waals surface area (Å²) in [7, 11) is 0. The van der Waals surface area contributed by atoms with Crippen LogP contribution in [0.25, 0.3) is 0 Å². The molecule has 0 spiro atoms. The molecule has 0 bridgehead atoms. The van der Waals surface area contributed by atoms with E-state index in [0.717, 1.165) is 31.7 Å². The van der Waals surface area contributed by atoms with Crippen molar-refractivity contribution in [3.8, 4) is 0 Å². The second-order valence-electron chi connectivity index (χ2n) is 5.74. The van der Waals surface area contributed by atoms with Crippen molar-refractivity contribution in [2.75, 3.05) is 13.1 Å². The van der Waals surface area contributed by atoms with Crippen LogP contribution in [0.5, 0.6) is 0 Å². The van der Waals surface area contributed by atoms with Crippen LogP contribution in [0.15, 0.2) is 30.2 Å². The van der Waals surface area contributed by atoms with Crippen molar-refractivity contribution in [2.45, 2.75) is 31.6 Å². The lowest BCUT2D eigenvalue weighted by molar-refractivity contribution is -0.0106. The summed E-state index contributed by atoms with van der Waals surface area (Å²) in [6, 6.07) is 1.97. The Morgan fingerprint density at radius 2 is 2.33 bits per heavy atom. The highest BCUT2D eigenvalue weighted by molar-refractivity contribution is 7.09. The van der Waals surface area contributed by atoms with Gasteiger partial charge in [-0.2, -0.15) is 0 Å². The quantitative estimate of drug-likeness (QED) is 0.870. The lowest BCUT2D eigenvalue weighted by Gasteiger charge is -2.33. The van der Waals surface area contributed by atoms with Gasteiger partial charge >= 0.3 is 0 Å². The number of fused-ring (bicyclic) bond motifs is 1. The van der Waals surface area contributed by atoms with Crippen LogP contribution in [0, 0.1) is 5.92 Å². The lowest BCUT2D eigenvalue weighted by atomic mass is 9.91. The molecule has 0 N–H and O–H groups in total. The predicted octanol–water partition coefficient (Wildman–Crippen LogP) is 2.29. The van der Waals surface area contributed by atoms with Crippen molar-refractivity contribution in [3.63, 3.8) is 0 Å². The third kappa shape index (κ3) is 2.84. The monoisotopic (exact) mass is 302 g/mol. The number of hydrogen-bond acceptors (Lipinski definition) is 6. The first-order chi connectivity index (χ1) is 10.4. The zero-order valence-electron chi connectivity index (χ0n) is 11.8. The number of ether oxygens (including phenoxy) is 1. The van der Waals surface area contributed by atoms with Crippen molar-refractivity contribution in [3.05, 3.63) is 40.9 Å². The van der Waals surface area contributed by atoms with Gasteiger partial charge in [-0.1, -0.05) is 0 Å². The maximum Gasteiger partial charge on any atom is 0.115 e. The summed E-state index contributed by atoms with van der Waals surface area (Å²) in [6.45, 7) is 3.09. The molecule has 110 valence electrons. The standard InChI is InChI=1S/C15H18N4OS/c1-3-16-10-18-12(1)13-7-11-2-5-19(8-14(11)20-13)9-15-17-4-6-21-15/h1,3-4,6,10-11,13-14H,2,5,7-9H2/t11-,13+,14+/m0/s1. The van der Waals surface area contributed by atoms with E-state index >= 15 is 0 Å². The van der Waals surface area contributed by atoms with Gasteiger partial charge in [0.2, 0.25) is 0 Å². The van der Waals surface area contributed by atoms with Crippen LogP contribution in [0.2, 0.25) is 0 Å². The van der Waals surface area contributed by atoms with Gasteiger partial charge < -0.3 is 4.74 Å². The second kappa shape index (κ2) is 5.79. The van der Waals surface area contributed by atoms with Crippen molar-refractivity contribution in [1.82, 2.24) is 19.9 Å². The van der Waals surface area contributed by atoms with Gasteiger partial charge in [-0.15, -0.1) is 11.3 Å². The Kier molecular flexibility index (Phi) is 3.67. The van der Waals surface area contributed by atoms with Gasteiger partial charge in [-0.3, -0.25) is 4.90 Å². The van der Waals surface area contributed by atoms with E-state index in [1.807, 2.05) is 17.6 Å². The first kappa shape index (κ1) is 13.3. The number of aromatic nitrogens is 3. The molecule has 0 radical (unpaired) electrons. The third-order valence-electron chi connectivity index (χ3n) is 4.41. The summed E-state index contributed by atoms with van der Waals surface area (Å²) in [5.41, 5.74) is 1.02. The molecule has 0 amide bonds. The molecule has 4 heterocycles. The summed E-state index contributed by atoms with van der Waals surface area (Å²) in [6.07, 6.45) is 8.05. The number of hydrogen-bond donors (Lipinski definition) is 0. The fraction of sp³-hybridized carbons (Fsp3) is 0.533. The van der Waals surface area contributed by atoms with E-state index in [2.05, 4.69) is 19.9 Å². The summed E-state index contributed by atoms with van der Waals surface area (Å²) < 4.78 is 6.25. The first-order valence-corrected chi connectivity index (χ1v) is 8.28. The van der Waals surface area contributed by atoms with Crippen molar-refractivity contribution in [1.29, 1.82) is 0 Å². The largest absolute Gasteiger partial charge is 0.367 e. The van der Waals surface area contributed by atoms with Crippen molar-refractivity contribution in [2.24, 2.45) is 5.92 Å². The Morgan fingerprint density at radius 1 is 1.33 bits per heavy atom. The van der Waals surface area contributed by atoms with Crippen LogP contribution < -0.4 is 0 Å². The molecular weight excluding hydrogens is 284 g/mol. The fourth-order valence-electron chi connectivity index (χ4n) is 3.34. The fourth-order valence-corrected chi connectivity index (χ4v) is 4.00. The topological polar surface area (TPSA) is 51.1 Å². The molecular formula is C15H18N4OS. The van der Waals surface area contributed by atoms with Gasteiger partial charge in [0.05, 0.1) is 18.3 Å². The molecule has 0 saturated carbocycles. The normalized spacial score (nSPS) is 29.4. The van der Waals surface area contributed by atoms with Crippen molar-refractivity contribution < 1.29 is 4.74 Å². The van der Waals surface area contributed by atoms with Crippen LogP contribution >= 0.6 is 11.3 Å². The molecule has 21 heavy (non-hydrogen) atoms. The highest BCUT2D eigenvalue weighted by atomic mass is 32.1. The van der Waals surface area contributed by atoms with Crippen LogP contribution in [0.1, 0.15) is 29.6 Å².